The second-order valence-electron chi connectivity index (χ2n) is 6.98. The molecule has 150 valence electrons. The smallest absolute Gasteiger partial charge is 0.254 e. The van der Waals surface area contributed by atoms with Crippen LogP contribution < -0.4 is 4.74 Å². The van der Waals surface area contributed by atoms with Crippen LogP contribution in [0.3, 0.4) is 0 Å². The zero-order chi connectivity index (χ0) is 19.9. The lowest BCUT2D eigenvalue weighted by Gasteiger charge is -2.26. The van der Waals surface area contributed by atoms with Crippen molar-refractivity contribution in [2.24, 2.45) is 0 Å². The summed E-state index contributed by atoms with van der Waals surface area (Å²) in [6, 6.07) is 11.2. The lowest BCUT2D eigenvalue weighted by molar-refractivity contribution is 0.0507. The number of hydrogen-bond donors (Lipinski definition) is 0. The SMILES string of the molecule is O=C(c1cccc(OCc2cscn2)c1)N(Cc1cccnc1)CC1CCCO1. The first-order chi connectivity index (χ1) is 14.3. The van der Waals surface area contributed by atoms with Crippen LogP contribution in [0.15, 0.2) is 59.7 Å². The van der Waals surface area contributed by atoms with Crippen LogP contribution in [0.1, 0.15) is 34.5 Å². The Morgan fingerprint density at radius 3 is 3.03 bits per heavy atom. The van der Waals surface area contributed by atoms with E-state index in [0.717, 1.165) is 30.7 Å². The Morgan fingerprint density at radius 2 is 2.28 bits per heavy atom. The maximum atomic E-state index is 13.3. The summed E-state index contributed by atoms with van der Waals surface area (Å²) in [5.41, 5.74) is 4.25. The molecule has 4 rings (SSSR count). The maximum Gasteiger partial charge on any atom is 0.254 e. The van der Waals surface area contributed by atoms with Crippen molar-refractivity contribution in [3.8, 4) is 5.75 Å². The average Bonchev–Trinajstić information content (AvgIpc) is 3.46. The van der Waals surface area contributed by atoms with Crippen molar-refractivity contribution in [3.63, 3.8) is 0 Å². The Balaban J connectivity index is 1.48. The molecule has 1 aliphatic heterocycles. The van der Waals surface area contributed by atoms with Gasteiger partial charge in [-0.3, -0.25) is 9.78 Å². The summed E-state index contributed by atoms with van der Waals surface area (Å²) in [5.74, 6) is 0.616. The Hall–Kier alpha value is -2.77. The summed E-state index contributed by atoms with van der Waals surface area (Å²) in [7, 11) is 0. The zero-order valence-corrected chi connectivity index (χ0v) is 16.9. The molecule has 0 N–H and O–H groups in total. The number of hydrogen-bond acceptors (Lipinski definition) is 6. The molecule has 3 aromatic rings. The van der Waals surface area contributed by atoms with E-state index < -0.39 is 0 Å². The predicted molar refractivity (Wildman–Crippen MR) is 111 cm³/mol. The van der Waals surface area contributed by atoms with E-state index in [1.54, 1.807) is 24.0 Å². The minimum Gasteiger partial charge on any atom is -0.487 e. The van der Waals surface area contributed by atoms with Gasteiger partial charge in [-0.15, -0.1) is 11.3 Å². The molecule has 1 amide bonds. The number of pyridine rings is 1. The average molecular weight is 410 g/mol. The third-order valence-corrected chi connectivity index (χ3v) is 5.42. The Kier molecular flexibility index (Phi) is 6.49. The first kappa shape index (κ1) is 19.5. The summed E-state index contributed by atoms with van der Waals surface area (Å²) in [5, 5.41) is 1.95. The number of nitrogens with zero attached hydrogens (tertiary/aromatic N) is 3. The van der Waals surface area contributed by atoms with Crippen molar-refractivity contribution in [3.05, 3.63) is 76.5 Å². The summed E-state index contributed by atoms with van der Waals surface area (Å²) >= 11 is 1.53. The van der Waals surface area contributed by atoms with E-state index in [1.165, 1.54) is 11.3 Å². The quantitative estimate of drug-likeness (QED) is 0.564. The van der Waals surface area contributed by atoms with E-state index in [9.17, 15) is 4.79 Å². The number of rotatable bonds is 8. The van der Waals surface area contributed by atoms with Crippen molar-refractivity contribution in [2.45, 2.75) is 32.1 Å². The lowest BCUT2D eigenvalue weighted by Crippen LogP contribution is -2.37. The summed E-state index contributed by atoms with van der Waals surface area (Å²) in [6.07, 6.45) is 5.63. The van der Waals surface area contributed by atoms with Gasteiger partial charge < -0.3 is 14.4 Å². The molecule has 1 aromatic carbocycles. The van der Waals surface area contributed by atoms with Crippen LogP contribution in [0, 0.1) is 0 Å². The summed E-state index contributed by atoms with van der Waals surface area (Å²) < 4.78 is 11.6. The Bertz CT molecular complexity index is 912. The van der Waals surface area contributed by atoms with Crippen molar-refractivity contribution in [1.29, 1.82) is 0 Å². The number of amides is 1. The number of carbonyl (C=O) groups is 1. The van der Waals surface area contributed by atoms with Gasteiger partial charge in [0.05, 0.1) is 17.3 Å². The van der Waals surface area contributed by atoms with Crippen LogP contribution in [0.2, 0.25) is 0 Å². The van der Waals surface area contributed by atoms with Crippen molar-refractivity contribution >= 4 is 17.2 Å². The molecular weight excluding hydrogens is 386 g/mol. The highest BCUT2D eigenvalue weighted by molar-refractivity contribution is 7.07. The highest BCUT2D eigenvalue weighted by atomic mass is 32.1. The molecular formula is C22H23N3O3S. The van der Waals surface area contributed by atoms with Crippen LogP contribution in [0.25, 0.3) is 0 Å². The largest absolute Gasteiger partial charge is 0.487 e. The first-order valence-corrected chi connectivity index (χ1v) is 10.6. The highest BCUT2D eigenvalue weighted by Gasteiger charge is 2.24. The number of carbonyl (C=O) groups excluding carboxylic acids is 1. The molecule has 1 atom stereocenters. The molecule has 7 heteroatoms. The molecule has 3 heterocycles. The van der Waals surface area contributed by atoms with E-state index >= 15 is 0 Å². The van der Waals surface area contributed by atoms with Crippen LogP contribution in [0.4, 0.5) is 0 Å². The van der Waals surface area contributed by atoms with Gasteiger partial charge in [-0.25, -0.2) is 4.98 Å². The second kappa shape index (κ2) is 9.62. The van der Waals surface area contributed by atoms with Gasteiger partial charge in [-0.2, -0.15) is 0 Å². The second-order valence-corrected chi connectivity index (χ2v) is 7.70. The zero-order valence-electron chi connectivity index (χ0n) is 16.1. The van der Waals surface area contributed by atoms with Gasteiger partial charge in [0.25, 0.3) is 5.91 Å². The molecule has 0 radical (unpaired) electrons. The molecule has 0 spiro atoms. The summed E-state index contributed by atoms with van der Waals surface area (Å²) in [4.78, 5) is 23.5. The molecule has 0 aliphatic carbocycles. The van der Waals surface area contributed by atoms with E-state index in [2.05, 4.69) is 9.97 Å². The number of thiazole rings is 1. The van der Waals surface area contributed by atoms with E-state index in [-0.39, 0.29) is 12.0 Å². The molecule has 0 bridgehead atoms. The van der Waals surface area contributed by atoms with Crippen molar-refractivity contribution in [2.75, 3.05) is 13.2 Å². The van der Waals surface area contributed by atoms with Crippen LogP contribution >= 0.6 is 11.3 Å². The Labute approximate surface area is 174 Å². The molecule has 1 unspecified atom stereocenters. The normalized spacial score (nSPS) is 15.9. The van der Waals surface area contributed by atoms with E-state index in [4.69, 9.17) is 9.47 Å². The fraction of sp³-hybridized carbons (Fsp3) is 0.318. The standard InChI is InChI=1S/C22H23N3O3S/c26-22(18-5-1-6-20(10-18)28-14-19-15-29-16-24-19)25(13-21-7-3-9-27-21)12-17-4-2-8-23-11-17/h1-2,4-6,8,10-11,15-16,21H,3,7,9,12-14H2. The monoisotopic (exact) mass is 409 g/mol. The topological polar surface area (TPSA) is 64.5 Å². The molecule has 1 fully saturated rings. The number of ether oxygens (including phenoxy) is 2. The van der Waals surface area contributed by atoms with Gasteiger partial charge in [-0.1, -0.05) is 12.1 Å². The predicted octanol–water partition coefficient (Wildman–Crippen LogP) is 3.94. The van der Waals surface area contributed by atoms with E-state index in [1.807, 2.05) is 40.6 Å². The van der Waals surface area contributed by atoms with Crippen LogP contribution in [-0.2, 0) is 17.9 Å². The van der Waals surface area contributed by atoms with Crippen molar-refractivity contribution in [1.82, 2.24) is 14.9 Å². The molecule has 1 aliphatic rings. The fourth-order valence-electron chi connectivity index (χ4n) is 3.33. The Morgan fingerprint density at radius 1 is 1.31 bits per heavy atom. The minimum atomic E-state index is -0.0385. The van der Waals surface area contributed by atoms with Gasteiger partial charge in [-0.05, 0) is 42.7 Å². The van der Waals surface area contributed by atoms with Gasteiger partial charge in [0.1, 0.15) is 12.4 Å². The third-order valence-electron chi connectivity index (χ3n) is 4.78. The van der Waals surface area contributed by atoms with Crippen molar-refractivity contribution < 1.29 is 14.3 Å². The highest BCUT2D eigenvalue weighted by Crippen LogP contribution is 2.20. The van der Waals surface area contributed by atoms with Gasteiger partial charge >= 0.3 is 0 Å². The van der Waals surface area contributed by atoms with Crippen LogP contribution in [-0.4, -0.2) is 40.0 Å². The third kappa shape index (κ3) is 5.40. The molecule has 29 heavy (non-hydrogen) atoms. The summed E-state index contributed by atoms with van der Waals surface area (Å²) in [6.45, 7) is 2.21. The number of benzene rings is 1. The molecule has 1 saturated heterocycles. The van der Waals surface area contributed by atoms with Gasteiger partial charge in [0, 0.05) is 43.0 Å². The fourth-order valence-corrected chi connectivity index (χ4v) is 3.88. The maximum absolute atomic E-state index is 13.3. The lowest BCUT2D eigenvalue weighted by atomic mass is 10.1. The van der Waals surface area contributed by atoms with Crippen LogP contribution in [0.5, 0.6) is 5.75 Å². The van der Waals surface area contributed by atoms with E-state index in [0.29, 0.717) is 31.0 Å². The molecule has 2 aromatic heterocycles. The molecule has 0 saturated carbocycles. The van der Waals surface area contributed by atoms with Gasteiger partial charge in [0.2, 0.25) is 0 Å². The first-order valence-electron chi connectivity index (χ1n) is 9.67. The van der Waals surface area contributed by atoms with Gasteiger partial charge in [0.15, 0.2) is 0 Å². The number of aromatic nitrogens is 2. The minimum absolute atomic E-state index is 0.0385. The molecule has 6 nitrogen and oxygen atoms in total.